The van der Waals surface area contributed by atoms with Gasteiger partial charge in [0, 0.05) is 17.0 Å². The summed E-state index contributed by atoms with van der Waals surface area (Å²) in [6.45, 7) is 0.582. The molecule has 2 heterocycles. The van der Waals surface area contributed by atoms with Gasteiger partial charge in [0.15, 0.2) is 0 Å². The lowest BCUT2D eigenvalue weighted by Crippen LogP contribution is -2.33. The zero-order valence-electron chi connectivity index (χ0n) is 10.8. The molecule has 1 aromatic carbocycles. The van der Waals surface area contributed by atoms with Gasteiger partial charge >= 0.3 is 0 Å². The fraction of sp³-hybridized carbons (Fsp3) is 0.267. The van der Waals surface area contributed by atoms with Crippen molar-refractivity contribution in [2.45, 2.75) is 12.0 Å². The summed E-state index contributed by atoms with van der Waals surface area (Å²) in [7, 11) is 0. The molecular formula is C15H15NO3S. The molecule has 0 aliphatic carbocycles. The topological polar surface area (TPSA) is 58.6 Å². The molecule has 0 saturated heterocycles. The van der Waals surface area contributed by atoms with Gasteiger partial charge in [0.25, 0.3) is 0 Å². The molecule has 0 radical (unpaired) electrons. The van der Waals surface area contributed by atoms with E-state index in [0.717, 1.165) is 16.2 Å². The van der Waals surface area contributed by atoms with Crippen LogP contribution in [-0.4, -0.2) is 24.2 Å². The van der Waals surface area contributed by atoms with Crippen LogP contribution in [0.2, 0.25) is 0 Å². The second kappa shape index (κ2) is 5.64. The Bertz CT molecular complexity index is 597. The first kappa shape index (κ1) is 13.1. The van der Waals surface area contributed by atoms with Crippen LogP contribution in [0.3, 0.4) is 0 Å². The average molecular weight is 289 g/mol. The normalized spacial score (nSPS) is 18.1. The number of hydrogen-bond donors (Lipinski definition) is 2. The van der Waals surface area contributed by atoms with Crippen LogP contribution in [-0.2, 0) is 4.79 Å². The Morgan fingerprint density at radius 1 is 1.40 bits per heavy atom. The highest BCUT2D eigenvalue weighted by atomic mass is 32.1. The lowest BCUT2D eigenvalue weighted by atomic mass is 10.0. The number of fused-ring (bicyclic) bond motifs is 1. The van der Waals surface area contributed by atoms with Crippen molar-refractivity contribution in [3.8, 4) is 5.75 Å². The Morgan fingerprint density at radius 2 is 2.25 bits per heavy atom. The van der Waals surface area contributed by atoms with Gasteiger partial charge in [-0.05, 0) is 17.5 Å². The Hall–Kier alpha value is -1.85. The van der Waals surface area contributed by atoms with Crippen LogP contribution in [0.15, 0.2) is 41.8 Å². The van der Waals surface area contributed by atoms with Crippen molar-refractivity contribution >= 4 is 17.2 Å². The molecule has 0 fully saturated rings. The van der Waals surface area contributed by atoms with Crippen molar-refractivity contribution in [1.29, 1.82) is 0 Å². The van der Waals surface area contributed by atoms with Crippen LogP contribution < -0.4 is 10.1 Å². The van der Waals surface area contributed by atoms with Crippen molar-refractivity contribution in [1.82, 2.24) is 5.32 Å². The summed E-state index contributed by atoms with van der Waals surface area (Å²) in [5, 5.41) is 14.7. The third-order valence-electron chi connectivity index (χ3n) is 3.36. The maximum Gasteiger partial charge on any atom is 0.231 e. The van der Waals surface area contributed by atoms with E-state index < -0.39 is 6.10 Å². The maximum atomic E-state index is 12.2. The van der Waals surface area contributed by atoms with Crippen molar-refractivity contribution in [2.24, 2.45) is 0 Å². The predicted octanol–water partition coefficient (Wildman–Crippen LogP) is 2.07. The Morgan fingerprint density at radius 3 is 3.05 bits per heavy atom. The molecule has 4 nitrogen and oxygen atoms in total. The first-order chi connectivity index (χ1) is 9.75. The molecule has 104 valence electrons. The highest BCUT2D eigenvalue weighted by Crippen LogP contribution is 2.33. The molecule has 2 atom stereocenters. The van der Waals surface area contributed by atoms with Crippen LogP contribution in [0.5, 0.6) is 5.75 Å². The number of para-hydroxylation sites is 1. The van der Waals surface area contributed by atoms with Gasteiger partial charge in [-0.3, -0.25) is 4.79 Å². The summed E-state index contributed by atoms with van der Waals surface area (Å²) < 4.78 is 5.49. The second-order valence-electron chi connectivity index (χ2n) is 4.68. The molecule has 2 N–H and O–H groups in total. The molecule has 20 heavy (non-hydrogen) atoms. The van der Waals surface area contributed by atoms with E-state index in [4.69, 9.17) is 4.74 Å². The molecule has 1 aliphatic heterocycles. The zero-order chi connectivity index (χ0) is 13.9. The highest BCUT2D eigenvalue weighted by molar-refractivity contribution is 7.10. The molecule has 2 unspecified atom stereocenters. The van der Waals surface area contributed by atoms with Gasteiger partial charge in [-0.25, -0.2) is 0 Å². The summed E-state index contributed by atoms with van der Waals surface area (Å²) in [6.07, 6.45) is -0.656. The summed E-state index contributed by atoms with van der Waals surface area (Å²) >= 11 is 1.48. The second-order valence-corrected chi connectivity index (χ2v) is 5.66. The third-order valence-corrected chi connectivity index (χ3v) is 4.33. The van der Waals surface area contributed by atoms with Gasteiger partial charge in [-0.2, -0.15) is 0 Å². The number of hydrogen-bond acceptors (Lipinski definition) is 4. The third kappa shape index (κ3) is 2.55. The minimum absolute atomic E-state index is 0.106. The number of nitrogens with one attached hydrogen (secondary N) is 1. The lowest BCUT2D eigenvalue weighted by molar-refractivity contribution is -0.123. The van der Waals surface area contributed by atoms with E-state index in [1.165, 1.54) is 11.3 Å². The molecule has 2 aromatic rings. The van der Waals surface area contributed by atoms with E-state index >= 15 is 0 Å². The predicted molar refractivity (Wildman–Crippen MR) is 77.0 cm³/mol. The minimum atomic E-state index is -0.656. The first-order valence-electron chi connectivity index (χ1n) is 6.46. The number of thiophene rings is 1. The monoisotopic (exact) mass is 289 g/mol. The summed E-state index contributed by atoms with van der Waals surface area (Å²) in [5.41, 5.74) is 0.913. The maximum absolute atomic E-state index is 12.2. The molecule has 0 spiro atoms. The van der Waals surface area contributed by atoms with Crippen molar-refractivity contribution in [2.75, 3.05) is 13.2 Å². The van der Waals surface area contributed by atoms with E-state index in [-0.39, 0.29) is 18.4 Å². The van der Waals surface area contributed by atoms with Crippen LogP contribution in [0.1, 0.15) is 22.5 Å². The summed E-state index contributed by atoms with van der Waals surface area (Å²) in [4.78, 5) is 13.0. The first-order valence-corrected chi connectivity index (χ1v) is 7.34. The molecule has 1 aliphatic rings. The number of rotatable bonds is 4. The molecular weight excluding hydrogens is 274 g/mol. The average Bonchev–Trinajstić information content (AvgIpc) is 3.13. The van der Waals surface area contributed by atoms with E-state index in [1.54, 1.807) is 0 Å². The van der Waals surface area contributed by atoms with Gasteiger partial charge < -0.3 is 15.2 Å². The number of benzene rings is 1. The molecule has 0 bridgehead atoms. The van der Waals surface area contributed by atoms with Gasteiger partial charge in [0.05, 0.1) is 0 Å². The number of ether oxygens (including phenoxy) is 1. The number of carbonyl (C=O) groups excluding carboxylic acids is 1. The molecule has 3 rings (SSSR count). The number of amides is 1. The van der Waals surface area contributed by atoms with Crippen LogP contribution in [0, 0.1) is 0 Å². The number of carbonyl (C=O) groups is 1. The lowest BCUT2D eigenvalue weighted by Gasteiger charge is -2.13. The van der Waals surface area contributed by atoms with Gasteiger partial charge in [-0.1, -0.05) is 24.3 Å². The Balaban J connectivity index is 1.61. The molecule has 1 amide bonds. The van der Waals surface area contributed by atoms with Crippen molar-refractivity contribution in [3.63, 3.8) is 0 Å². The van der Waals surface area contributed by atoms with Crippen LogP contribution in [0.4, 0.5) is 0 Å². The Labute approximate surface area is 121 Å². The highest BCUT2D eigenvalue weighted by Gasteiger charge is 2.30. The van der Waals surface area contributed by atoms with E-state index in [0.29, 0.717) is 6.61 Å². The van der Waals surface area contributed by atoms with Crippen molar-refractivity contribution < 1.29 is 14.6 Å². The molecule has 1 aromatic heterocycles. The number of aliphatic hydroxyl groups excluding tert-OH is 1. The zero-order valence-corrected chi connectivity index (χ0v) is 11.6. The fourth-order valence-electron chi connectivity index (χ4n) is 2.28. The van der Waals surface area contributed by atoms with E-state index in [2.05, 4.69) is 5.32 Å². The van der Waals surface area contributed by atoms with Crippen LogP contribution in [0.25, 0.3) is 0 Å². The van der Waals surface area contributed by atoms with Gasteiger partial charge in [0.1, 0.15) is 24.4 Å². The smallest absolute Gasteiger partial charge is 0.231 e. The quantitative estimate of drug-likeness (QED) is 0.906. The van der Waals surface area contributed by atoms with Crippen LogP contribution >= 0.6 is 11.3 Å². The number of aliphatic hydroxyl groups is 1. The van der Waals surface area contributed by atoms with E-state index in [1.807, 2.05) is 41.8 Å². The summed E-state index contributed by atoms with van der Waals surface area (Å²) in [6, 6.07) is 11.3. The standard InChI is InChI=1S/C15H15NO3S/c17-12(14-6-3-7-20-14)8-16-15(18)11-9-19-13-5-2-1-4-10(11)13/h1-7,11-12,17H,8-9H2,(H,16,18). The van der Waals surface area contributed by atoms with E-state index in [9.17, 15) is 9.90 Å². The molecule has 5 heteroatoms. The Kier molecular flexibility index (Phi) is 3.71. The van der Waals surface area contributed by atoms with Gasteiger partial charge in [-0.15, -0.1) is 11.3 Å². The molecule has 0 saturated carbocycles. The minimum Gasteiger partial charge on any atom is -0.492 e. The largest absolute Gasteiger partial charge is 0.492 e. The summed E-state index contributed by atoms with van der Waals surface area (Å²) in [5.74, 6) is 0.374. The van der Waals surface area contributed by atoms with Gasteiger partial charge in [0.2, 0.25) is 5.91 Å². The SMILES string of the molecule is O=C(NCC(O)c1cccs1)C1COc2ccccc21. The van der Waals surface area contributed by atoms with Crippen molar-refractivity contribution in [3.05, 3.63) is 52.2 Å². The fourth-order valence-corrected chi connectivity index (χ4v) is 2.99.